The van der Waals surface area contributed by atoms with Gasteiger partial charge < -0.3 is 16.2 Å². The van der Waals surface area contributed by atoms with Crippen molar-refractivity contribution in [1.82, 2.24) is 10.2 Å². The van der Waals surface area contributed by atoms with Gasteiger partial charge in [-0.1, -0.05) is 13.8 Å². The fourth-order valence-corrected chi connectivity index (χ4v) is 1.84. The van der Waals surface area contributed by atoms with Gasteiger partial charge in [0.25, 0.3) is 5.91 Å². The Labute approximate surface area is 128 Å². The molecule has 9 heteroatoms. The SMILES string of the molecule is CC(C)C(N)C(=O)NC1CCC(=O)N(CC(=O)O)C1=O.Cl. The van der Waals surface area contributed by atoms with E-state index in [0.29, 0.717) is 4.90 Å². The number of carbonyl (C=O) groups excluding carboxylic acids is 3. The van der Waals surface area contributed by atoms with Gasteiger partial charge >= 0.3 is 5.97 Å². The van der Waals surface area contributed by atoms with E-state index in [9.17, 15) is 19.2 Å². The van der Waals surface area contributed by atoms with E-state index < -0.39 is 42.3 Å². The van der Waals surface area contributed by atoms with Crippen molar-refractivity contribution in [2.24, 2.45) is 11.7 Å². The molecule has 0 aromatic carbocycles. The number of nitrogens with two attached hydrogens (primary N) is 1. The summed E-state index contributed by atoms with van der Waals surface area (Å²) in [5.74, 6) is -3.10. The lowest BCUT2D eigenvalue weighted by Gasteiger charge is -2.30. The summed E-state index contributed by atoms with van der Waals surface area (Å²) in [4.78, 5) is 46.6. The molecule has 2 unspecified atom stereocenters. The van der Waals surface area contributed by atoms with Gasteiger partial charge in [-0.25, -0.2) is 0 Å². The van der Waals surface area contributed by atoms with Gasteiger partial charge in [0.1, 0.15) is 12.6 Å². The predicted molar refractivity (Wildman–Crippen MR) is 75.6 cm³/mol. The number of aliphatic carboxylic acids is 1. The number of amides is 3. The van der Waals surface area contributed by atoms with Crippen LogP contribution in [-0.2, 0) is 19.2 Å². The minimum absolute atomic E-state index is 0. The minimum Gasteiger partial charge on any atom is -0.480 e. The summed E-state index contributed by atoms with van der Waals surface area (Å²) in [5, 5.41) is 11.2. The van der Waals surface area contributed by atoms with Crippen molar-refractivity contribution in [3.05, 3.63) is 0 Å². The van der Waals surface area contributed by atoms with Crippen LogP contribution in [-0.4, -0.2) is 52.3 Å². The number of carbonyl (C=O) groups is 4. The standard InChI is InChI=1S/C12H19N3O5.ClH/c1-6(2)10(13)11(19)14-7-3-4-8(16)15(12(7)20)5-9(17)18;/h6-7,10H,3-5,13H2,1-2H3,(H,14,19)(H,17,18);1H. The first-order valence-electron chi connectivity index (χ1n) is 6.36. The quantitative estimate of drug-likeness (QED) is 0.563. The molecular weight excluding hydrogens is 302 g/mol. The van der Waals surface area contributed by atoms with Crippen molar-refractivity contribution in [2.75, 3.05) is 6.54 Å². The summed E-state index contributed by atoms with van der Waals surface area (Å²) in [6, 6.07) is -1.65. The summed E-state index contributed by atoms with van der Waals surface area (Å²) >= 11 is 0. The maximum Gasteiger partial charge on any atom is 0.323 e. The second-order valence-corrected chi connectivity index (χ2v) is 5.08. The zero-order valence-electron chi connectivity index (χ0n) is 11.9. The number of carboxylic acids is 1. The summed E-state index contributed by atoms with van der Waals surface area (Å²) < 4.78 is 0. The number of imide groups is 1. The van der Waals surface area contributed by atoms with Crippen molar-refractivity contribution in [3.63, 3.8) is 0 Å². The Hall–Kier alpha value is -1.67. The van der Waals surface area contributed by atoms with Crippen molar-refractivity contribution >= 4 is 36.1 Å². The van der Waals surface area contributed by atoms with Crippen LogP contribution in [0.2, 0.25) is 0 Å². The van der Waals surface area contributed by atoms with Crippen LogP contribution in [0, 0.1) is 5.92 Å². The van der Waals surface area contributed by atoms with E-state index in [0.717, 1.165) is 0 Å². The number of hydrogen-bond acceptors (Lipinski definition) is 5. The number of nitrogens with zero attached hydrogens (tertiary/aromatic N) is 1. The van der Waals surface area contributed by atoms with Crippen LogP contribution >= 0.6 is 12.4 Å². The van der Waals surface area contributed by atoms with Crippen molar-refractivity contribution in [3.8, 4) is 0 Å². The smallest absolute Gasteiger partial charge is 0.323 e. The Kier molecular flexibility index (Phi) is 7.31. The average molecular weight is 322 g/mol. The molecule has 1 aliphatic heterocycles. The molecular formula is C12H20ClN3O5. The summed E-state index contributed by atoms with van der Waals surface area (Å²) in [5.41, 5.74) is 5.67. The molecule has 120 valence electrons. The molecule has 4 N–H and O–H groups in total. The number of rotatable bonds is 5. The van der Waals surface area contributed by atoms with E-state index in [4.69, 9.17) is 10.8 Å². The summed E-state index contributed by atoms with van der Waals surface area (Å²) in [6.07, 6.45) is 0.172. The second kappa shape index (κ2) is 7.94. The van der Waals surface area contributed by atoms with Crippen LogP contribution in [0.4, 0.5) is 0 Å². The van der Waals surface area contributed by atoms with Crippen LogP contribution in [0.1, 0.15) is 26.7 Å². The largest absolute Gasteiger partial charge is 0.480 e. The van der Waals surface area contributed by atoms with Gasteiger partial charge in [0.05, 0.1) is 6.04 Å². The van der Waals surface area contributed by atoms with Crippen molar-refractivity contribution in [2.45, 2.75) is 38.8 Å². The van der Waals surface area contributed by atoms with Gasteiger partial charge in [0.15, 0.2) is 0 Å². The van der Waals surface area contributed by atoms with Gasteiger partial charge in [0.2, 0.25) is 11.8 Å². The third kappa shape index (κ3) is 4.98. The Bertz CT molecular complexity index is 441. The van der Waals surface area contributed by atoms with Gasteiger partial charge in [-0.05, 0) is 12.3 Å². The van der Waals surface area contributed by atoms with E-state index in [-0.39, 0.29) is 31.2 Å². The summed E-state index contributed by atoms with van der Waals surface area (Å²) in [7, 11) is 0. The van der Waals surface area contributed by atoms with E-state index in [1.54, 1.807) is 13.8 Å². The molecule has 0 aliphatic carbocycles. The van der Waals surface area contributed by atoms with Gasteiger partial charge in [-0.2, -0.15) is 0 Å². The normalized spacial score (nSPS) is 20.0. The lowest BCUT2D eigenvalue weighted by Crippen LogP contribution is -2.58. The van der Waals surface area contributed by atoms with Gasteiger partial charge in [0, 0.05) is 6.42 Å². The second-order valence-electron chi connectivity index (χ2n) is 5.08. The average Bonchev–Trinajstić information content (AvgIpc) is 2.36. The molecule has 1 fully saturated rings. The number of carboxylic acid groups (broad SMARTS) is 1. The Morgan fingerprint density at radius 1 is 1.43 bits per heavy atom. The van der Waals surface area contributed by atoms with Crippen molar-refractivity contribution in [1.29, 1.82) is 0 Å². The molecule has 1 saturated heterocycles. The molecule has 0 bridgehead atoms. The molecule has 1 rings (SSSR count). The fourth-order valence-electron chi connectivity index (χ4n) is 1.84. The predicted octanol–water partition coefficient (Wildman–Crippen LogP) is -0.890. The monoisotopic (exact) mass is 321 g/mol. The van der Waals surface area contributed by atoms with Crippen LogP contribution < -0.4 is 11.1 Å². The highest BCUT2D eigenvalue weighted by Crippen LogP contribution is 2.13. The molecule has 1 aliphatic rings. The summed E-state index contributed by atoms with van der Waals surface area (Å²) in [6.45, 7) is 2.85. The molecule has 0 aromatic rings. The van der Waals surface area contributed by atoms with E-state index in [1.807, 2.05) is 0 Å². The molecule has 21 heavy (non-hydrogen) atoms. The minimum atomic E-state index is -1.28. The molecule has 2 atom stereocenters. The number of nitrogens with one attached hydrogen (secondary N) is 1. The number of hydrogen-bond donors (Lipinski definition) is 3. The molecule has 0 radical (unpaired) electrons. The van der Waals surface area contributed by atoms with Crippen LogP contribution in [0.5, 0.6) is 0 Å². The van der Waals surface area contributed by atoms with Gasteiger partial charge in [-0.3, -0.25) is 24.1 Å². The van der Waals surface area contributed by atoms with E-state index >= 15 is 0 Å². The number of halogens is 1. The third-order valence-electron chi connectivity index (χ3n) is 3.14. The Morgan fingerprint density at radius 3 is 2.48 bits per heavy atom. The third-order valence-corrected chi connectivity index (χ3v) is 3.14. The maximum absolute atomic E-state index is 12.0. The Morgan fingerprint density at radius 2 is 2.00 bits per heavy atom. The molecule has 0 spiro atoms. The molecule has 3 amide bonds. The maximum atomic E-state index is 12.0. The van der Waals surface area contributed by atoms with Crippen molar-refractivity contribution < 1.29 is 24.3 Å². The lowest BCUT2D eigenvalue weighted by molar-refractivity contribution is -0.156. The first kappa shape index (κ1) is 19.3. The molecule has 0 saturated carbocycles. The lowest BCUT2D eigenvalue weighted by atomic mass is 10.0. The topological polar surface area (TPSA) is 130 Å². The highest BCUT2D eigenvalue weighted by Gasteiger charge is 2.36. The van der Waals surface area contributed by atoms with Crippen LogP contribution in [0.15, 0.2) is 0 Å². The zero-order chi connectivity index (χ0) is 15.4. The van der Waals surface area contributed by atoms with E-state index in [1.165, 1.54) is 0 Å². The highest BCUT2D eigenvalue weighted by molar-refractivity contribution is 6.03. The first-order valence-corrected chi connectivity index (χ1v) is 6.36. The first-order chi connectivity index (χ1) is 9.23. The van der Waals surface area contributed by atoms with Gasteiger partial charge in [-0.15, -0.1) is 12.4 Å². The Balaban J connectivity index is 0.00000400. The molecule has 1 heterocycles. The fraction of sp³-hybridized carbons (Fsp3) is 0.667. The van der Waals surface area contributed by atoms with Crippen LogP contribution in [0.3, 0.4) is 0 Å². The zero-order valence-corrected chi connectivity index (χ0v) is 12.7. The number of piperidine rings is 1. The van der Waals surface area contributed by atoms with Crippen LogP contribution in [0.25, 0.3) is 0 Å². The van der Waals surface area contributed by atoms with E-state index in [2.05, 4.69) is 5.32 Å². The number of likely N-dealkylation sites (tertiary alicyclic amines) is 1. The molecule has 0 aromatic heterocycles. The highest BCUT2D eigenvalue weighted by atomic mass is 35.5. The molecule has 8 nitrogen and oxygen atoms in total.